The van der Waals surface area contributed by atoms with Gasteiger partial charge in [0.1, 0.15) is 0 Å². The van der Waals surface area contributed by atoms with E-state index >= 15 is 0 Å². The van der Waals surface area contributed by atoms with Gasteiger partial charge >= 0.3 is 0 Å². The van der Waals surface area contributed by atoms with Gasteiger partial charge in [0.15, 0.2) is 0 Å². The molecule has 1 heterocycles. The first-order valence-corrected chi connectivity index (χ1v) is 6.38. The summed E-state index contributed by atoms with van der Waals surface area (Å²) in [6, 6.07) is 6.14. The molecule has 0 aliphatic carbocycles. The largest absolute Gasteiger partial charge is 0.311 e. The van der Waals surface area contributed by atoms with Gasteiger partial charge in [-0.2, -0.15) is 0 Å². The van der Waals surface area contributed by atoms with Crippen LogP contribution < -0.4 is 5.32 Å². The fourth-order valence-electron chi connectivity index (χ4n) is 1.48. The average molecular weight is 295 g/mol. The summed E-state index contributed by atoms with van der Waals surface area (Å²) in [5.74, 6) is 0. The first kappa shape index (κ1) is 12.3. The molecule has 0 radical (unpaired) electrons. The van der Waals surface area contributed by atoms with Gasteiger partial charge in [-0.05, 0) is 31.2 Å². The summed E-state index contributed by atoms with van der Waals surface area (Å²) in [6.07, 6.45) is 1.94. The van der Waals surface area contributed by atoms with Crippen LogP contribution in [0, 0.1) is 6.92 Å². The molecule has 4 nitrogen and oxygen atoms in total. The molecule has 1 aromatic carbocycles. The molecule has 5 heteroatoms. The third kappa shape index (κ3) is 2.92. The third-order valence-corrected chi connectivity index (χ3v) is 3.37. The van der Waals surface area contributed by atoms with Crippen LogP contribution >= 0.6 is 15.9 Å². The molecule has 0 bridgehead atoms. The van der Waals surface area contributed by atoms with Crippen LogP contribution in [-0.4, -0.2) is 21.5 Å². The minimum absolute atomic E-state index is 0.754. The van der Waals surface area contributed by atoms with Gasteiger partial charge in [0, 0.05) is 11.0 Å². The van der Waals surface area contributed by atoms with Crippen LogP contribution in [0.1, 0.15) is 18.2 Å². The van der Waals surface area contributed by atoms with Gasteiger partial charge in [-0.25, -0.2) is 4.68 Å². The molecule has 0 saturated carbocycles. The van der Waals surface area contributed by atoms with Crippen LogP contribution in [0.3, 0.4) is 0 Å². The van der Waals surface area contributed by atoms with E-state index in [1.165, 1.54) is 5.56 Å². The van der Waals surface area contributed by atoms with Gasteiger partial charge < -0.3 is 5.32 Å². The zero-order valence-corrected chi connectivity index (χ0v) is 11.5. The van der Waals surface area contributed by atoms with Crippen LogP contribution in [0.25, 0.3) is 5.69 Å². The second kappa shape index (κ2) is 5.42. The summed E-state index contributed by atoms with van der Waals surface area (Å²) in [5, 5.41) is 11.5. The number of nitrogens with zero attached hydrogens (tertiary/aromatic N) is 3. The second-order valence-electron chi connectivity index (χ2n) is 3.87. The normalized spacial score (nSPS) is 10.8. The summed E-state index contributed by atoms with van der Waals surface area (Å²) >= 11 is 3.52. The number of benzene rings is 1. The van der Waals surface area contributed by atoms with E-state index in [2.05, 4.69) is 51.5 Å². The predicted octanol–water partition coefficient (Wildman–Crippen LogP) is 2.45. The number of hydrogen-bond donors (Lipinski definition) is 1. The lowest BCUT2D eigenvalue weighted by molar-refractivity contribution is 0.705. The van der Waals surface area contributed by atoms with Crippen LogP contribution in [0.5, 0.6) is 0 Å². The first-order chi connectivity index (χ1) is 8.20. The minimum atomic E-state index is 0.754. The molecule has 1 aromatic heterocycles. The van der Waals surface area contributed by atoms with Crippen molar-refractivity contribution in [3.05, 3.63) is 40.1 Å². The van der Waals surface area contributed by atoms with E-state index in [4.69, 9.17) is 0 Å². The molecule has 0 fully saturated rings. The van der Waals surface area contributed by atoms with Gasteiger partial charge in [-0.1, -0.05) is 34.1 Å². The topological polar surface area (TPSA) is 42.7 Å². The van der Waals surface area contributed by atoms with E-state index in [1.54, 1.807) is 4.68 Å². The zero-order valence-electron chi connectivity index (χ0n) is 9.94. The smallest absolute Gasteiger partial charge is 0.0969 e. The standard InChI is InChI=1S/C12H15BrN4/c1-3-14-7-10-8-17(16-15-10)11-5-4-9(2)12(13)6-11/h4-6,8,14H,3,7H2,1-2H3. The Kier molecular flexibility index (Phi) is 3.91. The molecule has 0 aliphatic heterocycles. The average Bonchev–Trinajstić information content (AvgIpc) is 2.79. The summed E-state index contributed by atoms with van der Waals surface area (Å²) in [6.45, 7) is 5.82. The lowest BCUT2D eigenvalue weighted by atomic mass is 10.2. The van der Waals surface area contributed by atoms with Crippen molar-refractivity contribution in [2.45, 2.75) is 20.4 Å². The third-order valence-electron chi connectivity index (χ3n) is 2.52. The van der Waals surface area contributed by atoms with Crippen molar-refractivity contribution in [1.29, 1.82) is 0 Å². The Balaban J connectivity index is 2.21. The maximum Gasteiger partial charge on any atom is 0.0969 e. The number of hydrogen-bond acceptors (Lipinski definition) is 3. The van der Waals surface area contributed by atoms with Crippen molar-refractivity contribution in [2.24, 2.45) is 0 Å². The molecule has 0 aliphatic rings. The Morgan fingerprint density at radius 3 is 2.94 bits per heavy atom. The highest BCUT2D eigenvalue weighted by molar-refractivity contribution is 9.10. The number of rotatable bonds is 4. The van der Waals surface area contributed by atoms with E-state index in [9.17, 15) is 0 Å². The molecule has 0 saturated heterocycles. The highest BCUT2D eigenvalue weighted by atomic mass is 79.9. The quantitative estimate of drug-likeness (QED) is 0.942. The molecule has 2 aromatic rings. The van der Waals surface area contributed by atoms with Gasteiger partial charge in [0.25, 0.3) is 0 Å². The summed E-state index contributed by atoms with van der Waals surface area (Å²) < 4.78 is 2.87. The van der Waals surface area contributed by atoms with E-state index in [0.717, 1.165) is 28.9 Å². The molecule has 0 unspecified atom stereocenters. The number of aryl methyl sites for hydroxylation is 1. The number of nitrogens with one attached hydrogen (secondary N) is 1. The Morgan fingerprint density at radius 2 is 2.24 bits per heavy atom. The Morgan fingerprint density at radius 1 is 1.41 bits per heavy atom. The monoisotopic (exact) mass is 294 g/mol. The number of aromatic nitrogens is 3. The lowest BCUT2D eigenvalue weighted by Crippen LogP contribution is -2.11. The van der Waals surface area contributed by atoms with E-state index in [1.807, 2.05) is 18.3 Å². The van der Waals surface area contributed by atoms with E-state index in [0.29, 0.717) is 0 Å². The molecule has 0 spiro atoms. The van der Waals surface area contributed by atoms with Gasteiger partial charge in [-0.3, -0.25) is 0 Å². The Bertz CT molecular complexity index is 507. The van der Waals surface area contributed by atoms with Gasteiger partial charge in [0.2, 0.25) is 0 Å². The predicted molar refractivity (Wildman–Crippen MR) is 71.2 cm³/mol. The molecule has 2 rings (SSSR count). The zero-order chi connectivity index (χ0) is 12.3. The maximum atomic E-state index is 4.12. The van der Waals surface area contributed by atoms with Crippen molar-refractivity contribution in [2.75, 3.05) is 6.54 Å². The van der Waals surface area contributed by atoms with Gasteiger partial charge in [-0.15, -0.1) is 5.10 Å². The maximum absolute atomic E-state index is 4.12. The second-order valence-corrected chi connectivity index (χ2v) is 4.72. The van der Waals surface area contributed by atoms with Gasteiger partial charge in [0.05, 0.1) is 17.6 Å². The van der Waals surface area contributed by atoms with Crippen molar-refractivity contribution >= 4 is 15.9 Å². The fraction of sp³-hybridized carbons (Fsp3) is 0.333. The van der Waals surface area contributed by atoms with Crippen LogP contribution in [0.2, 0.25) is 0 Å². The molecular formula is C12H15BrN4. The minimum Gasteiger partial charge on any atom is -0.311 e. The van der Waals surface area contributed by atoms with E-state index in [-0.39, 0.29) is 0 Å². The molecule has 1 N–H and O–H groups in total. The van der Waals surface area contributed by atoms with E-state index < -0.39 is 0 Å². The SMILES string of the molecule is CCNCc1cn(-c2ccc(C)c(Br)c2)nn1. The highest BCUT2D eigenvalue weighted by Crippen LogP contribution is 2.19. The molecular weight excluding hydrogens is 280 g/mol. The van der Waals surface area contributed by atoms with Crippen molar-refractivity contribution < 1.29 is 0 Å². The number of halogens is 1. The van der Waals surface area contributed by atoms with Crippen LogP contribution in [0.4, 0.5) is 0 Å². The molecule has 0 amide bonds. The molecule has 90 valence electrons. The van der Waals surface area contributed by atoms with Crippen molar-refractivity contribution in [3.8, 4) is 5.69 Å². The molecule has 0 atom stereocenters. The summed E-state index contributed by atoms with van der Waals surface area (Å²) in [4.78, 5) is 0. The van der Waals surface area contributed by atoms with Crippen LogP contribution in [-0.2, 0) is 6.54 Å². The first-order valence-electron chi connectivity index (χ1n) is 5.59. The Hall–Kier alpha value is -1.20. The lowest BCUT2D eigenvalue weighted by Gasteiger charge is -2.02. The Labute approximate surface area is 109 Å². The summed E-state index contributed by atoms with van der Waals surface area (Å²) in [5.41, 5.74) is 3.17. The van der Waals surface area contributed by atoms with Crippen LogP contribution in [0.15, 0.2) is 28.9 Å². The highest BCUT2D eigenvalue weighted by Gasteiger charge is 2.03. The molecule has 17 heavy (non-hydrogen) atoms. The fourth-order valence-corrected chi connectivity index (χ4v) is 1.85. The summed E-state index contributed by atoms with van der Waals surface area (Å²) in [7, 11) is 0. The van der Waals surface area contributed by atoms with Crippen molar-refractivity contribution in [3.63, 3.8) is 0 Å². The van der Waals surface area contributed by atoms with Crippen molar-refractivity contribution in [1.82, 2.24) is 20.3 Å².